The van der Waals surface area contributed by atoms with E-state index in [1.54, 1.807) is 12.1 Å². The molecular formula is C10H9Cl2NO3. The minimum atomic E-state index is -1.01. The van der Waals surface area contributed by atoms with Crippen molar-refractivity contribution in [1.29, 1.82) is 0 Å². The molecule has 1 rings (SSSR count). The molecule has 0 saturated carbocycles. The van der Waals surface area contributed by atoms with Crippen molar-refractivity contribution in [2.24, 2.45) is 0 Å². The molecule has 0 spiro atoms. The molecule has 86 valence electrons. The Morgan fingerprint density at radius 2 is 2.12 bits per heavy atom. The molecule has 0 aliphatic carbocycles. The van der Waals surface area contributed by atoms with Crippen LogP contribution in [-0.2, 0) is 9.59 Å². The van der Waals surface area contributed by atoms with E-state index in [0.717, 1.165) is 0 Å². The number of nitrogens with one attached hydrogen (secondary N) is 1. The average molecular weight is 262 g/mol. The van der Waals surface area contributed by atoms with E-state index in [1.165, 1.54) is 6.07 Å². The van der Waals surface area contributed by atoms with Crippen LogP contribution in [0.25, 0.3) is 0 Å². The van der Waals surface area contributed by atoms with Crippen LogP contribution >= 0.6 is 23.2 Å². The molecule has 4 nitrogen and oxygen atoms in total. The molecule has 16 heavy (non-hydrogen) atoms. The molecule has 2 N–H and O–H groups in total. The fourth-order valence-corrected chi connectivity index (χ4v) is 1.57. The molecule has 6 heteroatoms. The number of benzene rings is 1. The monoisotopic (exact) mass is 261 g/mol. The van der Waals surface area contributed by atoms with Gasteiger partial charge in [0.2, 0.25) is 6.41 Å². The summed E-state index contributed by atoms with van der Waals surface area (Å²) in [6.45, 7) is 0. The van der Waals surface area contributed by atoms with E-state index in [1.807, 2.05) is 0 Å². The SMILES string of the molecule is O=CNC(CC(=O)O)c1ccc(Cl)c(Cl)c1. The Bertz CT molecular complexity index is 409. The van der Waals surface area contributed by atoms with Crippen molar-refractivity contribution < 1.29 is 14.7 Å². The zero-order chi connectivity index (χ0) is 12.1. The van der Waals surface area contributed by atoms with Crippen LogP contribution in [0, 0.1) is 0 Å². The lowest BCUT2D eigenvalue weighted by Gasteiger charge is -2.14. The topological polar surface area (TPSA) is 66.4 Å². The molecule has 0 fully saturated rings. The van der Waals surface area contributed by atoms with Crippen LogP contribution in [0.15, 0.2) is 18.2 Å². The average Bonchev–Trinajstić information content (AvgIpc) is 2.21. The maximum Gasteiger partial charge on any atom is 0.305 e. The van der Waals surface area contributed by atoms with Gasteiger partial charge in [0.25, 0.3) is 0 Å². The number of carbonyl (C=O) groups is 2. The van der Waals surface area contributed by atoms with E-state index in [4.69, 9.17) is 28.3 Å². The molecule has 0 heterocycles. The van der Waals surface area contributed by atoms with Gasteiger partial charge in [0, 0.05) is 0 Å². The lowest BCUT2D eigenvalue weighted by molar-refractivity contribution is -0.137. The third-order valence-corrected chi connectivity index (χ3v) is 2.73. The van der Waals surface area contributed by atoms with E-state index in [9.17, 15) is 9.59 Å². The first-order valence-corrected chi connectivity index (χ1v) is 5.16. The van der Waals surface area contributed by atoms with E-state index < -0.39 is 12.0 Å². The molecule has 0 radical (unpaired) electrons. The number of carboxylic acid groups (broad SMARTS) is 1. The Balaban J connectivity index is 2.95. The quantitative estimate of drug-likeness (QED) is 0.800. The predicted octanol–water partition coefficient (Wildman–Crippen LogP) is 2.26. The summed E-state index contributed by atoms with van der Waals surface area (Å²) in [6, 6.07) is 4.11. The van der Waals surface area contributed by atoms with Gasteiger partial charge in [-0.15, -0.1) is 0 Å². The van der Waals surface area contributed by atoms with Gasteiger partial charge in [-0.05, 0) is 17.7 Å². The Hall–Kier alpha value is -1.26. The lowest BCUT2D eigenvalue weighted by Crippen LogP contribution is -2.22. The van der Waals surface area contributed by atoms with Crippen molar-refractivity contribution in [3.05, 3.63) is 33.8 Å². The Kier molecular flexibility index (Phi) is 4.58. The molecular weight excluding hydrogens is 253 g/mol. The summed E-state index contributed by atoms with van der Waals surface area (Å²) >= 11 is 11.5. The number of carboxylic acids is 1. The fraction of sp³-hybridized carbons (Fsp3) is 0.200. The van der Waals surface area contributed by atoms with Gasteiger partial charge in [0.05, 0.1) is 22.5 Å². The Morgan fingerprint density at radius 3 is 2.62 bits per heavy atom. The van der Waals surface area contributed by atoms with Gasteiger partial charge in [0.1, 0.15) is 0 Å². The van der Waals surface area contributed by atoms with E-state index in [-0.39, 0.29) is 6.42 Å². The molecule has 0 aliphatic heterocycles. The zero-order valence-corrected chi connectivity index (χ0v) is 9.63. The highest BCUT2D eigenvalue weighted by Gasteiger charge is 2.15. The molecule has 0 bridgehead atoms. The van der Waals surface area contributed by atoms with Gasteiger partial charge in [-0.1, -0.05) is 29.3 Å². The van der Waals surface area contributed by atoms with Gasteiger partial charge < -0.3 is 10.4 Å². The third-order valence-electron chi connectivity index (χ3n) is 1.99. The van der Waals surface area contributed by atoms with Crippen molar-refractivity contribution in [1.82, 2.24) is 5.32 Å². The molecule has 1 aromatic rings. The maximum atomic E-state index is 10.6. The first kappa shape index (κ1) is 12.8. The highest BCUT2D eigenvalue weighted by molar-refractivity contribution is 6.42. The van der Waals surface area contributed by atoms with Crippen molar-refractivity contribution in [2.45, 2.75) is 12.5 Å². The second-order valence-corrected chi connectivity index (χ2v) is 3.92. The minimum absolute atomic E-state index is 0.212. The second-order valence-electron chi connectivity index (χ2n) is 3.11. The normalized spacial score (nSPS) is 11.9. The van der Waals surface area contributed by atoms with Crippen molar-refractivity contribution in [3.8, 4) is 0 Å². The van der Waals surface area contributed by atoms with Crippen LogP contribution in [0.5, 0.6) is 0 Å². The number of rotatable bonds is 5. The van der Waals surface area contributed by atoms with Gasteiger partial charge in [-0.25, -0.2) is 0 Å². The first-order chi connectivity index (χ1) is 7.54. The van der Waals surface area contributed by atoms with Crippen molar-refractivity contribution in [2.75, 3.05) is 0 Å². The molecule has 1 atom stereocenters. The maximum absolute atomic E-state index is 10.6. The summed E-state index contributed by atoms with van der Waals surface area (Å²) in [5.74, 6) is -1.01. The van der Waals surface area contributed by atoms with Crippen molar-refractivity contribution in [3.63, 3.8) is 0 Å². The van der Waals surface area contributed by atoms with E-state index in [0.29, 0.717) is 22.0 Å². The van der Waals surface area contributed by atoms with Crippen LogP contribution < -0.4 is 5.32 Å². The minimum Gasteiger partial charge on any atom is -0.481 e. The van der Waals surface area contributed by atoms with Crippen molar-refractivity contribution >= 4 is 35.6 Å². The first-order valence-electron chi connectivity index (χ1n) is 4.41. The summed E-state index contributed by atoms with van der Waals surface area (Å²) in [7, 11) is 0. The number of amides is 1. The highest BCUT2D eigenvalue weighted by atomic mass is 35.5. The van der Waals surface area contributed by atoms with E-state index in [2.05, 4.69) is 5.32 Å². The zero-order valence-electron chi connectivity index (χ0n) is 8.11. The Labute approximate surface area is 102 Å². The van der Waals surface area contributed by atoms with Crippen LogP contribution in [0.4, 0.5) is 0 Å². The second kappa shape index (κ2) is 5.72. The van der Waals surface area contributed by atoms with Crippen LogP contribution in [0.1, 0.15) is 18.0 Å². The molecule has 0 aliphatic rings. The summed E-state index contributed by atoms with van der Waals surface area (Å²) in [4.78, 5) is 21.0. The lowest BCUT2D eigenvalue weighted by atomic mass is 10.0. The number of hydrogen-bond acceptors (Lipinski definition) is 2. The smallest absolute Gasteiger partial charge is 0.305 e. The molecule has 1 aromatic carbocycles. The number of aliphatic carboxylic acids is 1. The molecule has 0 saturated heterocycles. The van der Waals surface area contributed by atoms with Gasteiger partial charge >= 0.3 is 5.97 Å². The third kappa shape index (κ3) is 3.40. The van der Waals surface area contributed by atoms with E-state index >= 15 is 0 Å². The molecule has 0 aromatic heterocycles. The number of carbonyl (C=O) groups excluding carboxylic acids is 1. The number of hydrogen-bond donors (Lipinski definition) is 2. The van der Waals surface area contributed by atoms with Crippen LogP contribution in [-0.4, -0.2) is 17.5 Å². The molecule has 1 unspecified atom stereocenters. The highest BCUT2D eigenvalue weighted by Crippen LogP contribution is 2.26. The fourth-order valence-electron chi connectivity index (χ4n) is 1.26. The predicted molar refractivity (Wildman–Crippen MR) is 60.7 cm³/mol. The summed E-state index contributed by atoms with van der Waals surface area (Å²) in [5.41, 5.74) is 0.601. The summed E-state index contributed by atoms with van der Waals surface area (Å²) < 4.78 is 0. The van der Waals surface area contributed by atoms with Gasteiger partial charge in [0.15, 0.2) is 0 Å². The van der Waals surface area contributed by atoms with Crippen LogP contribution in [0.2, 0.25) is 10.0 Å². The summed E-state index contributed by atoms with van der Waals surface area (Å²) in [6.07, 6.45) is 0.243. The largest absolute Gasteiger partial charge is 0.481 e. The van der Waals surface area contributed by atoms with Crippen LogP contribution in [0.3, 0.4) is 0 Å². The van der Waals surface area contributed by atoms with Gasteiger partial charge in [-0.3, -0.25) is 9.59 Å². The standard InChI is InChI=1S/C10H9Cl2NO3/c11-7-2-1-6(3-8(7)12)9(13-5-14)4-10(15)16/h1-3,5,9H,4H2,(H,13,14)(H,15,16). The van der Waals surface area contributed by atoms with Gasteiger partial charge in [-0.2, -0.15) is 0 Å². The number of halogens is 2. The molecule has 1 amide bonds. The summed E-state index contributed by atoms with van der Waals surface area (Å²) in [5, 5.41) is 11.8. The Morgan fingerprint density at radius 1 is 1.44 bits per heavy atom.